The lowest BCUT2D eigenvalue weighted by atomic mass is 9.65. The molecular weight excluding hydrogens is 446 g/mol. The van der Waals surface area contributed by atoms with Gasteiger partial charge in [-0.1, -0.05) is 32.9 Å². The summed E-state index contributed by atoms with van der Waals surface area (Å²) < 4.78 is 0. The number of hydrogen-bond donors (Lipinski definition) is 0. The molecule has 6 rings (SSSR count). The van der Waals surface area contributed by atoms with Crippen molar-refractivity contribution in [2.24, 2.45) is 10.8 Å². The fourth-order valence-corrected chi connectivity index (χ4v) is 7.65. The average molecular weight is 474 g/mol. The Balaban J connectivity index is 1.40. The first-order valence-electron chi connectivity index (χ1n) is 11.5. The molecule has 6 heteroatoms. The maximum Gasteiger partial charge on any atom is 0.254 e. The molecule has 4 nitrogen and oxygen atoms in total. The maximum absolute atomic E-state index is 13.6. The molecule has 1 aliphatic carbocycles. The topological polar surface area (TPSA) is 46.1 Å². The molecule has 0 N–H and O–H groups in total. The van der Waals surface area contributed by atoms with Crippen LogP contribution in [0.2, 0.25) is 0 Å². The summed E-state index contributed by atoms with van der Waals surface area (Å²) in [4.78, 5) is 28.0. The Hall–Kier alpha value is -2.57. The van der Waals surface area contributed by atoms with E-state index in [1.54, 1.807) is 22.7 Å². The summed E-state index contributed by atoms with van der Waals surface area (Å²) in [6.45, 7) is 7.88. The van der Waals surface area contributed by atoms with Gasteiger partial charge in [0.1, 0.15) is 11.4 Å². The molecule has 1 aromatic carbocycles. The Morgan fingerprint density at radius 2 is 1.61 bits per heavy atom. The van der Waals surface area contributed by atoms with Gasteiger partial charge in [0.25, 0.3) is 5.91 Å². The Kier molecular flexibility index (Phi) is 4.75. The summed E-state index contributed by atoms with van der Waals surface area (Å²) in [5, 5.41) is 4.13. The van der Waals surface area contributed by atoms with Crippen LogP contribution in [0.4, 0.5) is 0 Å². The molecule has 1 aliphatic heterocycles. The van der Waals surface area contributed by atoms with Crippen LogP contribution in [-0.2, 0) is 0 Å². The molecule has 2 bridgehead atoms. The smallest absolute Gasteiger partial charge is 0.254 e. The molecule has 2 aliphatic rings. The molecule has 3 aromatic heterocycles. The van der Waals surface area contributed by atoms with Crippen molar-refractivity contribution in [1.82, 2.24) is 14.9 Å². The van der Waals surface area contributed by atoms with Crippen molar-refractivity contribution in [2.75, 3.05) is 6.54 Å². The van der Waals surface area contributed by atoms with Gasteiger partial charge in [-0.15, -0.1) is 22.7 Å². The quantitative estimate of drug-likeness (QED) is 0.318. The van der Waals surface area contributed by atoms with Crippen LogP contribution in [-0.4, -0.2) is 33.4 Å². The molecule has 4 aromatic rings. The monoisotopic (exact) mass is 473 g/mol. The van der Waals surface area contributed by atoms with Crippen LogP contribution in [0.5, 0.6) is 0 Å². The number of aromatic nitrogens is 2. The van der Waals surface area contributed by atoms with Gasteiger partial charge in [-0.25, -0.2) is 9.97 Å². The van der Waals surface area contributed by atoms with E-state index in [0.717, 1.165) is 51.6 Å². The number of hydrogen-bond acceptors (Lipinski definition) is 5. The van der Waals surface area contributed by atoms with E-state index >= 15 is 0 Å². The van der Waals surface area contributed by atoms with E-state index < -0.39 is 0 Å². The highest BCUT2D eigenvalue weighted by Gasteiger charge is 2.51. The standard InChI is InChI=1S/C27H27N3OS2/c1-26(2)13-18-14-27(3,15-26)16-30(18)25(31)17-8-9-19-20(12-17)29-24(22-7-5-11-33-22)23(28-19)21-6-4-10-32-21/h4-12,18H,13-16H2,1-3H3/t18-,27+/m0/s1. The van der Waals surface area contributed by atoms with E-state index in [4.69, 9.17) is 9.97 Å². The first kappa shape index (κ1) is 21.0. The number of benzene rings is 1. The van der Waals surface area contributed by atoms with Crippen molar-refractivity contribution in [1.29, 1.82) is 0 Å². The predicted molar refractivity (Wildman–Crippen MR) is 137 cm³/mol. The van der Waals surface area contributed by atoms with Crippen molar-refractivity contribution in [3.05, 3.63) is 58.8 Å². The van der Waals surface area contributed by atoms with E-state index in [1.807, 2.05) is 30.3 Å². The number of carbonyl (C=O) groups is 1. The average Bonchev–Trinajstić information content (AvgIpc) is 3.52. The first-order valence-corrected chi connectivity index (χ1v) is 13.3. The van der Waals surface area contributed by atoms with Gasteiger partial charge < -0.3 is 4.90 Å². The zero-order valence-electron chi connectivity index (χ0n) is 19.2. The molecule has 0 unspecified atom stereocenters. The Morgan fingerprint density at radius 1 is 0.939 bits per heavy atom. The van der Waals surface area contributed by atoms with Crippen LogP contribution in [0.25, 0.3) is 32.2 Å². The summed E-state index contributed by atoms with van der Waals surface area (Å²) >= 11 is 3.33. The van der Waals surface area contributed by atoms with Gasteiger partial charge >= 0.3 is 0 Å². The second kappa shape index (κ2) is 7.47. The fourth-order valence-electron chi connectivity index (χ4n) is 6.22. The lowest BCUT2D eigenvalue weighted by Gasteiger charge is -2.39. The fraction of sp³-hybridized carbons (Fsp3) is 0.370. The zero-order valence-corrected chi connectivity index (χ0v) is 20.8. The summed E-state index contributed by atoms with van der Waals surface area (Å²) in [6, 6.07) is 14.4. The SMILES string of the molecule is CC1(C)C[C@H]2C[C@@](C)(CN2C(=O)c2ccc3nc(-c4cccs4)c(-c4cccs4)nc3c2)C1. The molecule has 0 spiro atoms. The van der Waals surface area contributed by atoms with Crippen LogP contribution in [0.3, 0.4) is 0 Å². The van der Waals surface area contributed by atoms with E-state index in [0.29, 0.717) is 11.6 Å². The summed E-state index contributed by atoms with van der Waals surface area (Å²) in [7, 11) is 0. The second-order valence-electron chi connectivity index (χ2n) is 10.7. The van der Waals surface area contributed by atoms with Gasteiger partial charge in [-0.2, -0.15) is 0 Å². The van der Waals surface area contributed by atoms with Crippen LogP contribution >= 0.6 is 22.7 Å². The number of rotatable bonds is 3. The minimum Gasteiger partial charge on any atom is -0.335 e. The Labute approximate surface area is 202 Å². The largest absolute Gasteiger partial charge is 0.335 e. The highest BCUT2D eigenvalue weighted by atomic mass is 32.1. The minimum atomic E-state index is 0.130. The molecule has 1 saturated heterocycles. The zero-order chi connectivity index (χ0) is 22.8. The van der Waals surface area contributed by atoms with Crippen LogP contribution in [0.1, 0.15) is 50.4 Å². The summed E-state index contributed by atoms with van der Waals surface area (Å²) in [5.74, 6) is 0.130. The molecule has 1 amide bonds. The van der Waals surface area contributed by atoms with E-state index in [-0.39, 0.29) is 16.7 Å². The Bertz CT molecular complexity index is 1340. The number of likely N-dealkylation sites (tertiary alicyclic amines) is 1. The number of nitrogens with zero attached hydrogens (tertiary/aromatic N) is 3. The van der Waals surface area contributed by atoms with Crippen molar-refractivity contribution >= 4 is 39.6 Å². The number of thiophene rings is 2. The van der Waals surface area contributed by atoms with Gasteiger partial charge in [0.15, 0.2) is 0 Å². The lowest BCUT2D eigenvalue weighted by molar-refractivity contribution is 0.0708. The van der Waals surface area contributed by atoms with E-state index in [2.05, 4.69) is 48.6 Å². The van der Waals surface area contributed by atoms with Gasteiger partial charge in [-0.3, -0.25) is 4.79 Å². The van der Waals surface area contributed by atoms with Gasteiger partial charge in [0.05, 0.1) is 20.8 Å². The number of amides is 1. The van der Waals surface area contributed by atoms with E-state index in [1.165, 1.54) is 6.42 Å². The minimum absolute atomic E-state index is 0.130. The highest BCUT2D eigenvalue weighted by Crippen LogP contribution is 2.52. The summed E-state index contributed by atoms with van der Waals surface area (Å²) in [5.41, 5.74) is 4.61. The molecule has 168 valence electrons. The molecule has 0 radical (unpaired) electrons. The number of carbonyl (C=O) groups excluding carboxylic acids is 1. The molecule has 4 heterocycles. The van der Waals surface area contributed by atoms with Gasteiger partial charge in [-0.05, 0) is 71.2 Å². The van der Waals surface area contributed by atoms with Crippen molar-refractivity contribution in [3.63, 3.8) is 0 Å². The predicted octanol–water partition coefficient (Wildman–Crippen LogP) is 7.13. The Morgan fingerprint density at radius 3 is 2.24 bits per heavy atom. The summed E-state index contributed by atoms with van der Waals surface area (Å²) in [6.07, 6.45) is 3.37. The molecular formula is C27H27N3OS2. The van der Waals surface area contributed by atoms with Crippen LogP contribution in [0.15, 0.2) is 53.2 Å². The van der Waals surface area contributed by atoms with Crippen LogP contribution < -0.4 is 0 Å². The number of fused-ring (bicyclic) bond motifs is 3. The maximum atomic E-state index is 13.6. The third kappa shape index (κ3) is 3.69. The third-order valence-electron chi connectivity index (χ3n) is 7.10. The molecule has 33 heavy (non-hydrogen) atoms. The van der Waals surface area contributed by atoms with Gasteiger partial charge in [0, 0.05) is 18.2 Å². The van der Waals surface area contributed by atoms with Gasteiger partial charge in [0.2, 0.25) is 0 Å². The van der Waals surface area contributed by atoms with E-state index in [9.17, 15) is 4.79 Å². The van der Waals surface area contributed by atoms with Crippen molar-refractivity contribution in [2.45, 2.75) is 46.1 Å². The second-order valence-corrected chi connectivity index (χ2v) is 12.6. The van der Waals surface area contributed by atoms with Crippen molar-refractivity contribution < 1.29 is 4.79 Å². The third-order valence-corrected chi connectivity index (χ3v) is 8.85. The normalized spacial score (nSPS) is 23.8. The first-order chi connectivity index (χ1) is 15.8. The lowest BCUT2D eigenvalue weighted by Crippen LogP contribution is -2.37. The highest BCUT2D eigenvalue weighted by molar-refractivity contribution is 7.14. The van der Waals surface area contributed by atoms with Crippen molar-refractivity contribution in [3.8, 4) is 21.1 Å². The van der Waals surface area contributed by atoms with Crippen LogP contribution in [0, 0.1) is 10.8 Å². The molecule has 2 fully saturated rings. The molecule has 1 saturated carbocycles. The molecule has 2 atom stereocenters.